The molecule has 0 aliphatic carbocycles. The van der Waals surface area contributed by atoms with E-state index in [2.05, 4.69) is 35.9 Å². The molecule has 0 aromatic heterocycles. The first kappa shape index (κ1) is 16.2. The van der Waals surface area contributed by atoms with Crippen LogP contribution in [0.4, 0.5) is 0 Å². The van der Waals surface area contributed by atoms with Crippen LogP contribution in [0.3, 0.4) is 0 Å². The van der Waals surface area contributed by atoms with Gasteiger partial charge < -0.3 is 21.7 Å². The molecular formula is C2H7N2NaO2S2. The number of nitrogens with two attached hydrogens (primary N) is 2. The van der Waals surface area contributed by atoms with Crippen molar-refractivity contribution in [2.45, 2.75) is 0 Å². The van der Waals surface area contributed by atoms with Crippen molar-refractivity contribution in [1.82, 2.24) is 0 Å². The summed E-state index contributed by atoms with van der Waals surface area (Å²) in [5, 5.41) is 14.1. The van der Waals surface area contributed by atoms with Gasteiger partial charge in [-0.05, 0) is 24.4 Å². The molecule has 0 bridgehead atoms. The summed E-state index contributed by atoms with van der Waals surface area (Å²) < 4.78 is 0. The topological polar surface area (TPSA) is 92.5 Å². The Labute approximate surface area is 85.5 Å². The van der Waals surface area contributed by atoms with Crippen LogP contribution in [0.5, 0.6) is 0 Å². The van der Waals surface area contributed by atoms with Crippen molar-refractivity contribution in [3.05, 3.63) is 0 Å². The molecule has 6 N–H and O–H groups in total. The second kappa shape index (κ2) is 11.2. The Balaban J connectivity index is -0.0000000720. The molecule has 0 heterocycles. The average molecular weight is 178 g/mol. The molecule has 0 spiro atoms. The van der Waals surface area contributed by atoms with E-state index < -0.39 is 10.3 Å². The summed E-state index contributed by atoms with van der Waals surface area (Å²) in [6, 6.07) is 0. The molecule has 0 aromatic rings. The molecule has 9 heavy (non-hydrogen) atoms. The van der Waals surface area contributed by atoms with Gasteiger partial charge in [-0.3, -0.25) is 0 Å². The molecule has 0 aromatic carbocycles. The molecule has 0 aliphatic rings. The van der Waals surface area contributed by atoms with Crippen molar-refractivity contribution < 1.29 is 10.2 Å². The van der Waals surface area contributed by atoms with E-state index in [0.29, 0.717) is 0 Å². The zero-order chi connectivity index (χ0) is 7.15. The summed E-state index contributed by atoms with van der Waals surface area (Å²) in [6.07, 6.45) is 0. The Kier molecular flexibility index (Phi) is 20.2. The SMILES string of the molecule is NC(O)=S.NC(O)=S.[NaH]. The molecule has 0 rings (SSSR count). The van der Waals surface area contributed by atoms with Crippen molar-refractivity contribution in [3.63, 3.8) is 0 Å². The molecule has 7 heteroatoms. The Morgan fingerprint density at radius 3 is 1.00 bits per heavy atom. The number of aliphatic hydroxyl groups is 2. The van der Waals surface area contributed by atoms with Crippen LogP contribution in [-0.2, 0) is 0 Å². The van der Waals surface area contributed by atoms with Gasteiger partial charge in [0.05, 0.1) is 0 Å². The van der Waals surface area contributed by atoms with Crippen LogP contribution in [0.2, 0.25) is 0 Å². The maximum atomic E-state index is 7.56. The van der Waals surface area contributed by atoms with Gasteiger partial charge in [0.1, 0.15) is 0 Å². The van der Waals surface area contributed by atoms with E-state index in [9.17, 15) is 0 Å². The van der Waals surface area contributed by atoms with Gasteiger partial charge in [-0.2, -0.15) is 0 Å². The molecule has 0 unspecified atom stereocenters. The molecule has 0 radical (unpaired) electrons. The Hall–Kier alpha value is 0.380. The monoisotopic (exact) mass is 178 g/mol. The fraction of sp³-hybridized carbons (Fsp3) is 0. The molecule has 0 aliphatic heterocycles. The molecule has 0 saturated heterocycles. The van der Waals surface area contributed by atoms with Crippen molar-refractivity contribution >= 4 is 64.3 Å². The van der Waals surface area contributed by atoms with Gasteiger partial charge in [-0.15, -0.1) is 0 Å². The summed E-state index contributed by atoms with van der Waals surface area (Å²) in [6.45, 7) is 0. The quantitative estimate of drug-likeness (QED) is 0.279. The molecule has 0 amide bonds. The van der Waals surface area contributed by atoms with Crippen LogP contribution in [0, 0.1) is 0 Å². The van der Waals surface area contributed by atoms with Crippen molar-refractivity contribution in [1.29, 1.82) is 0 Å². The predicted octanol–water partition coefficient (Wildman–Crippen LogP) is -1.07. The molecule has 0 atom stereocenters. The van der Waals surface area contributed by atoms with Crippen LogP contribution in [0.1, 0.15) is 0 Å². The van der Waals surface area contributed by atoms with Gasteiger partial charge >= 0.3 is 29.6 Å². The number of rotatable bonds is 0. The third kappa shape index (κ3) is 2360. The van der Waals surface area contributed by atoms with Gasteiger partial charge in [0.15, 0.2) is 0 Å². The van der Waals surface area contributed by atoms with Crippen LogP contribution in [-0.4, -0.2) is 50.1 Å². The number of thiocarbonyl (C=S) groups is 2. The van der Waals surface area contributed by atoms with Gasteiger partial charge in [-0.25, -0.2) is 0 Å². The third-order valence-corrected chi connectivity index (χ3v) is 0. The normalized spacial score (nSPS) is 5.33. The molecule has 50 valence electrons. The van der Waals surface area contributed by atoms with Crippen molar-refractivity contribution in [2.24, 2.45) is 11.5 Å². The van der Waals surface area contributed by atoms with E-state index >= 15 is 0 Å². The average Bonchev–Trinajstić information content (AvgIpc) is 1.25. The summed E-state index contributed by atoms with van der Waals surface area (Å²) in [5.74, 6) is 0. The van der Waals surface area contributed by atoms with Crippen LogP contribution < -0.4 is 11.5 Å². The summed E-state index contributed by atoms with van der Waals surface area (Å²) in [7, 11) is 0. The van der Waals surface area contributed by atoms with Crippen LogP contribution >= 0.6 is 24.4 Å². The second-order valence-corrected chi connectivity index (χ2v) is 1.51. The predicted molar refractivity (Wildman–Crippen MR) is 46.0 cm³/mol. The zero-order valence-corrected chi connectivity index (χ0v) is 5.50. The fourth-order valence-corrected chi connectivity index (χ4v) is 0. The first-order valence-electron chi connectivity index (χ1n) is 1.43. The van der Waals surface area contributed by atoms with Gasteiger partial charge in [0.2, 0.25) is 0 Å². The van der Waals surface area contributed by atoms with E-state index in [1.807, 2.05) is 0 Å². The van der Waals surface area contributed by atoms with Gasteiger partial charge in [-0.1, -0.05) is 0 Å². The van der Waals surface area contributed by atoms with Crippen LogP contribution in [0.25, 0.3) is 0 Å². The zero-order valence-electron chi connectivity index (χ0n) is 3.87. The first-order valence-corrected chi connectivity index (χ1v) is 2.25. The summed E-state index contributed by atoms with van der Waals surface area (Å²) in [4.78, 5) is 0. The Morgan fingerprint density at radius 2 is 1.00 bits per heavy atom. The van der Waals surface area contributed by atoms with E-state index in [0.717, 1.165) is 0 Å². The second-order valence-electron chi connectivity index (χ2n) is 0.676. The third-order valence-electron chi connectivity index (χ3n) is 0. The fourth-order valence-electron chi connectivity index (χ4n) is 0. The van der Waals surface area contributed by atoms with Crippen LogP contribution in [0.15, 0.2) is 0 Å². The summed E-state index contributed by atoms with van der Waals surface area (Å²) in [5.41, 5.74) is 8.80. The summed E-state index contributed by atoms with van der Waals surface area (Å²) >= 11 is 7.74. The van der Waals surface area contributed by atoms with Crippen molar-refractivity contribution in [2.75, 3.05) is 0 Å². The minimum atomic E-state index is -0.500. The van der Waals surface area contributed by atoms with Crippen molar-refractivity contribution in [3.8, 4) is 0 Å². The molecule has 0 saturated carbocycles. The Morgan fingerprint density at radius 1 is 1.00 bits per heavy atom. The van der Waals surface area contributed by atoms with E-state index in [4.69, 9.17) is 10.2 Å². The first-order chi connectivity index (χ1) is 3.46. The van der Waals surface area contributed by atoms with E-state index in [1.54, 1.807) is 0 Å². The van der Waals surface area contributed by atoms with E-state index in [1.165, 1.54) is 0 Å². The number of hydrogen-bond donors (Lipinski definition) is 4. The van der Waals surface area contributed by atoms with Gasteiger partial charge in [0.25, 0.3) is 10.3 Å². The van der Waals surface area contributed by atoms with Gasteiger partial charge in [0, 0.05) is 0 Å². The minimum absolute atomic E-state index is 0. The number of hydrogen-bond acceptors (Lipinski definition) is 2. The Bertz CT molecular complexity index is 78.6. The van der Waals surface area contributed by atoms with E-state index in [-0.39, 0.29) is 29.6 Å². The molecule has 0 fully saturated rings. The standard InChI is InChI=1S/2CH3NOS.Na.H/c2*2-1(3)4;;/h2*(H3,2,3,4);;. The maximum absolute atomic E-state index is 7.56. The number of aliphatic hydroxyl groups excluding tert-OH is 2. The molecular weight excluding hydrogens is 171 g/mol. The molecule has 4 nitrogen and oxygen atoms in total.